The van der Waals surface area contributed by atoms with E-state index in [1.165, 1.54) is 11.3 Å². The summed E-state index contributed by atoms with van der Waals surface area (Å²) in [6.45, 7) is 6.96. The lowest BCUT2D eigenvalue weighted by atomic mass is 10.0. The van der Waals surface area contributed by atoms with Crippen molar-refractivity contribution in [1.82, 2.24) is 9.80 Å². The van der Waals surface area contributed by atoms with E-state index in [1.54, 1.807) is 4.90 Å². The van der Waals surface area contributed by atoms with E-state index in [1.807, 2.05) is 6.07 Å². The molecule has 4 nitrogen and oxygen atoms in total. The van der Waals surface area contributed by atoms with Gasteiger partial charge in [-0.2, -0.15) is 13.2 Å². The molecule has 150 valence electrons. The Labute approximate surface area is 158 Å². The van der Waals surface area contributed by atoms with Crippen molar-refractivity contribution < 1.29 is 18.0 Å². The number of benzene rings is 1. The minimum Gasteiger partial charge on any atom is -0.369 e. The number of hydrogen-bond acceptors (Lipinski definition) is 3. The van der Waals surface area contributed by atoms with Gasteiger partial charge in [-0.1, -0.05) is 18.2 Å². The Balaban J connectivity index is 1.51. The zero-order valence-corrected chi connectivity index (χ0v) is 15.8. The zero-order chi connectivity index (χ0) is 19.4. The van der Waals surface area contributed by atoms with Crippen LogP contribution in [0.5, 0.6) is 0 Å². The number of likely N-dealkylation sites (tertiary alicyclic amines) is 1. The number of carbonyl (C=O) groups is 1. The number of rotatable bonds is 4. The van der Waals surface area contributed by atoms with E-state index >= 15 is 0 Å². The molecule has 3 rings (SSSR count). The predicted molar refractivity (Wildman–Crippen MR) is 99.9 cm³/mol. The van der Waals surface area contributed by atoms with E-state index in [2.05, 4.69) is 34.9 Å². The summed E-state index contributed by atoms with van der Waals surface area (Å²) in [5.74, 6) is -0.365. The number of piperazine rings is 1. The Morgan fingerprint density at radius 2 is 1.81 bits per heavy atom. The first-order valence-electron chi connectivity index (χ1n) is 9.72. The summed E-state index contributed by atoms with van der Waals surface area (Å²) in [4.78, 5) is 18.6. The Bertz CT molecular complexity index is 642. The average Bonchev–Trinajstić information content (AvgIpc) is 2.66. The highest BCUT2D eigenvalue weighted by Gasteiger charge is 2.33. The smallest absolute Gasteiger partial charge is 0.369 e. The summed E-state index contributed by atoms with van der Waals surface area (Å²) in [5, 5.41) is 0. The fraction of sp³-hybridized carbons (Fsp3) is 0.650. The van der Waals surface area contributed by atoms with Crippen molar-refractivity contribution >= 4 is 11.6 Å². The van der Waals surface area contributed by atoms with Crippen LogP contribution >= 0.6 is 0 Å². The molecule has 1 amide bonds. The summed E-state index contributed by atoms with van der Waals surface area (Å²) in [6, 6.07) is 8.62. The second kappa shape index (κ2) is 8.50. The first-order valence-corrected chi connectivity index (χ1v) is 9.72. The molecule has 0 aromatic heterocycles. The minimum absolute atomic E-state index is 0.257. The molecule has 7 heteroatoms. The third-order valence-electron chi connectivity index (χ3n) is 5.66. The first-order chi connectivity index (χ1) is 12.8. The predicted octanol–water partition coefficient (Wildman–Crippen LogP) is 3.45. The van der Waals surface area contributed by atoms with E-state index in [9.17, 15) is 18.0 Å². The fourth-order valence-electron chi connectivity index (χ4n) is 4.13. The van der Waals surface area contributed by atoms with Crippen LogP contribution in [0.15, 0.2) is 24.3 Å². The van der Waals surface area contributed by atoms with Gasteiger partial charge in [0.05, 0.1) is 6.42 Å². The standard InChI is InChI=1S/C20H28F3N3O/c1-16-5-2-3-7-18(16)25-13-11-24(12-14-25)17-6-4-10-26(15-17)19(27)8-9-20(21,22)23/h2-3,5,7,17H,4,6,8-15H2,1H3/t17-/m1/s1. The first kappa shape index (κ1) is 20.0. The van der Waals surface area contributed by atoms with Crippen LogP contribution in [0.1, 0.15) is 31.2 Å². The quantitative estimate of drug-likeness (QED) is 0.797. The molecular weight excluding hydrogens is 355 g/mol. The lowest BCUT2D eigenvalue weighted by molar-refractivity contribution is -0.150. The number of hydrogen-bond donors (Lipinski definition) is 0. The van der Waals surface area contributed by atoms with Gasteiger partial charge in [0.2, 0.25) is 5.91 Å². The molecule has 1 aromatic carbocycles. The molecule has 1 atom stereocenters. The molecule has 2 saturated heterocycles. The maximum Gasteiger partial charge on any atom is 0.389 e. The van der Waals surface area contributed by atoms with Gasteiger partial charge in [-0.05, 0) is 31.4 Å². The van der Waals surface area contributed by atoms with Gasteiger partial charge in [-0.3, -0.25) is 9.69 Å². The zero-order valence-electron chi connectivity index (χ0n) is 15.8. The second-order valence-electron chi connectivity index (χ2n) is 7.56. The summed E-state index contributed by atoms with van der Waals surface area (Å²) in [7, 11) is 0. The maximum atomic E-state index is 12.4. The molecule has 2 fully saturated rings. The number of piperidine rings is 1. The molecule has 27 heavy (non-hydrogen) atoms. The summed E-state index contributed by atoms with van der Waals surface area (Å²) >= 11 is 0. The van der Waals surface area contributed by atoms with Crippen molar-refractivity contribution in [3.05, 3.63) is 29.8 Å². The van der Waals surface area contributed by atoms with Crippen LogP contribution in [0.3, 0.4) is 0 Å². The number of carbonyl (C=O) groups excluding carboxylic acids is 1. The van der Waals surface area contributed by atoms with Gasteiger partial charge in [0.15, 0.2) is 0 Å². The van der Waals surface area contributed by atoms with Gasteiger partial charge < -0.3 is 9.80 Å². The Morgan fingerprint density at radius 1 is 1.11 bits per heavy atom. The van der Waals surface area contributed by atoms with Crippen LogP contribution in [0, 0.1) is 6.92 Å². The average molecular weight is 383 g/mol. The number of para-hydroxylation sites is 1. The van der Waals surface area contributed by atoms with Crippen molar-refractivity contribution in [2.75, 3.05) is 44.2 Å². The second-order valence-corrected chi connectivity index (χ2v) is 7.56. The highest BCUT2D eigenvalue weighted by Crippen LogP contribution is 2.25. The molecule has 0 spiro atoms. The molecule has 0 unspecified atom stereocenters. The largest absolute Gasteiger partial charge is 0.389 e. The lowest BCUT2D eigenvalue weighted by Crippen LogP contribution is -2.56. The van der Waals surface area contributed by atoms with Gasteiger partial charge in [-0.15, -0.1) is 0 Å². The fourth-order valence-corrected chi connectivity index (χ4v) is 4.13. The normalized spacial score (nSPS) is 22.1. The molecule has 1 aromatic rings. The van der Waals surface area contributed by atoms with Crippen molar-refractivity contribution in [3.63, 3.8) is 0 Å². The molecule has 0 aliphatic carbocycles. The number of nitrogens with zero attached hydrogens (tertiary/aromatic N) is 3. The molecule has 0 radical (unpaired) electrons. The molecule has 0 N–H and O–H groups in total. The number of amides is 1. The molecule has 0 saturated carbocycles. The Kier molecular flexibility index (Phi) is 6.29. The van der Waals surface area contributed by atoms with Crippen molar-refractivity contribution in [2.45, 2.75) is 44.8 Å². The summed E-state index contributed by atoms with van der Waals surface area (Å²) < 4.78 is 37.1. The van der Waals surface area contributed by atoms with Gasteiger partial charge in [0, 0.05) is 57.4 Å². The number of aryl methyl sites for hydroxylation is 1. The lowest BCUT2D eigenvalue weighted by Gasteiger charge is -2.44. The van der Waals surface area contributed by atoms with E-state index in [0.29, 0.717) is 13.1 Å². The van der Waals surface area contributed by atoms with E-state index in [4.69, 9.17) is 0 Å². The minimum atomic E-state index is -4.27. The highest BCUT2D eigenvalue weighted by molar-refractivity contribution is 5.76. The van der Waals surface area contributed by atoms with Gasteiger partial charge in [0.1, 0.15) is 0 Å². The van der Waals surface area contributed by atoms with Crippen LogP contribution in [0.4, 0.5) is 18.9 Å². The van der Waals surface area contributed by atoms with Crippen LogP contribution in [0.2, 0.25) is 0 Å². The Morgan fingerprint density at radius 3 is 2.48 bits per heavy atom. The summed E-state index contributed by atoms with van der Waals surface area (Å²) in [5.41, 5.74) is 2.54. The third-order valence-corrected chi connectivity index (χ3v) is 5.66. The number of halogens is 3. The Hall–Kier alpha value is -1.76. The van der Waals surface area contributed by atoms with Gasteiger partial charge >= 0.3 is 6.18 Å². The number of alkyl halides is 3. The van der Waals surface area contributed by atoms with Crippen LogP contribution in [-0.2, 0) is 4.79 Å². The molecule has 2 aliphatic heterocycles. The van der Waals surface area contributed by atoms with Crippen molar-refractivity contribution in [1.29, 1.82) is 0 Å². The molecule has 2 heterocycles. The highest BCUT2D eigenvalue weighted by atomic mass is 19.4. The molecule has 0 bridgehead atoms. The van der Waals surface area contributed by atoms with E-state index in [0.717, 1.165) is 39.0 Å². The van der Waals surface area contributed by atoms with Crippen LogP contribution in [0.25, 0.3) is 0 Å². The summed E-state index contributed by atoms with van der Waals surface area (Å²) in [6.07, 6.45) is -3.86. The maximum absolute atomic E-state index is 12.4. The third kappa shape index (κ3) is 5.37. The van der Waals surface area contributed by atoms with Crippen LogP contribution < -0.4 is 4.90 Å². The topological polar surface area (TPSA) is 26.8 Å². The molecular formula is C20H28F3N3O. The molecule has 2 aliphatic rings. The van der Waals surface area contributed by atoms with Gasteiger partial charge in [-0.25, -0.2) is 0 Å². The van der Waals surface area contributed by atoms with Crippen molar-refractivity contribution in [2.24, 2.45) is 0 Å². The van der Waals surface area contributed by atoms with E-state index in [-0.39, 0.29) is 11.9 Å². The van der Waals surface area contributed by atoms with E-state index < -0.39 is 19.0 Å². The SMILES string of the molecule is Cc1ccccc1N1CCN([C@@H]2CCCN(C(=O)CCC(F)(F)F)C2)CC1. The van der Waals surface area contributed by atoms with Crippen molar-refractivity contribution in [3.8, 4) is 0 Å². The number of anilines is 1. The van der Waals surface area contributed by atoms with Crippen LogP contribution in [-0.4, -0.2) is 67.2 Å². The monoisotopic (exact) mass is 383 g/mol. The van der Waals surface area contributed by atoms with Gasteiger partial charge in [0.25, 0.3) is 0 Å².